The minimum absolute atomic E-state index is 0.0622. The number of amides is 3. The monoisotopic (exact) mass is 1410 g/mol. The Kier molecular flexibility index (Phi) is 19.9. The van der Waals surface area contributed by atoms with Crippen molar-refractivity contribution in [3.63, 3.8) is 0 Å². The van der Waals surface area contributed by atoms with Crippen molar-refractivity contribution in [1.82, 2.24) is 44.1 Å². The summed E-state index contributed by atoms with van der Waals surface area (Å²) in [5, 5.41) is -0.897. The van der Waals surface area contributed by atoms with Crippen molar-refractivity contribution >= 4 is 82.7 Å². The van der Waals surface area contributed by atoms with E-state index < -0.39 is 47.8 Å². The zero-order chi connectivity index (χ0) is 72.5. The average Bonchev–Trinajstić information content (AvgIpc) is 1.67. The Labute approximate surface area is 584 Å². The molecule has 3 amide bonds. The molecular formula is C72H99N15O9S3. The highest BCUT2D eigenvalue weighted by Crippen LogP contribution is 2.53. The van der Waals surface area contributed by atoms with Crippen LogP contribution in [0.5, 0.6) is 0 Å². The fourth-order valence-corrected chi connectivity index (χ4v) is 17.4. The van der Waals surface area contributed by atoms with Gasteiger partial charge < -0.3 is 31.9 Å². The number of anilines is 6. The van der Waals surface area contributed by atoms with Crippen LogP contribution in [0.4, 0.5) is 34.9 Å². The maximum atomic E-state index is 13.3. The van der Waals surface area contributed by atoms with Crippen LogP contribution in [0.1, 0.15) is 210 Å². The molecule has 0 radical (unpaired) electrons. The van der Waals surface area contributed by atoms with Crippen molar-refractivity contribution in [2.45, 2.75) is 210 Å². The van der Waals surface area contributed by atoms with E-state index in [0.29, 0.717) is 53.0 Å². The first-order valence-corrected chi connectivity index (χ1v) is 38.6. The second-order valence-electron chi connectivity index (χ2n) is 32.1. The second kappa shape index (κ2) is 26.8. The van der Waals surface area contributed by atoms with E-state index in [1.807, 2.05) is 0 Å². The van der Waals surface area contributed by atoms with Gasteiger partial charge in [-0.2, -0.15) is 25.3 Å². The van der Waals surface area contributed by atoms with Crippen LogP contribution in [-0.2, 0) is 46.3 Å². The highest BCUT2D eigenvalue weighted by atomic mass is 32.2. The topological polar surface area (TPSA) is 355 Å². The summed E-state index contributed by atoms with van der Waals surface area (Å²) in [5.74, 6) is 3.29. The third kappa shape index (κ3) is 16.1. The first-order valence-electron chi connectivity index (χ1n) is 34.2. The molecule has 9 N–H and O–H groups in total. The van der Waals surface area contributed by atoms with Crippen LogP contribution < -0.4 is 46.1 Å². The number of hydrogen-bond acceptors (Lipinski definition) is 21. The summed E-state index contributed by atoms with van der Waals surface area (Å²) in [6, 6.07) is 23.3. The normalized spacial score (nSPS) is 20.6. The van der Waals surface area contributed by atoms with Gasteiger partial charge in [-0.1, -0.05) is 80.5 Å². The van der Waals surface area contributed by atoms with E-state index in [-0.39, 0.29) is 82.1 Å². The Bertz CT molecular complexity index is 3990. The van der Waals surface area contributed by atoms with E-state index in [2.05, 4.69) is 148 Å². The molecule has 3 saturated carbocycles. The molecule has 24 nitrogen and oxygen atoms in total. The van der Waals surface area contributed by atoms with Gasteiger partial charge in [-0.3, -0.25) is 14.4 Å². The van der Waals surface area contributed by atoms with E-state index in [1.165, 1.54) is 93.1 Å². The fraction of sp³-hybridized carbons (Fsp3) is 0.542. The average molecular weight is 1410 g/mol. The van der Waals surface area contributed by atoms with Crippen LogP contribution in [0, 0.1) is 35.5 Å². The summed E-state index contributed by atoms with van der Waals surface area (Å²) in [7, 11) is -12.6. The van der Waals surface area contributed by atoms with Crippen molar-refractivity contribution in [3.8, 4) is 0 Å². The molecule has 99 heavy (non-hydrogen) atoms. The summed E-state index contributed by atoms with van der Waals surface area (Å²) < 4.78 is 83.4. The lowest BCUT2D eigenvalue weighted by Gasteiger charge is -2.38. The molecule has 3 aliphatic heterocycles. The molecular weight excluding hydrogens is 1320 g/mol. The van der Waals surface area contributed by atoms with Gasteiger partial charge in [0.25, 0.3) is 47.8 Å². The van der Waals surface area contributed by atoms with E-state index in [9.17, 15) is 39.6 Å². The number of nitrogens with two attached hydrogens (primary N) is 3. The van der Waals surface area contributed by atoms with Gasteiger partial charge in [0.2, 0.25) is 0 Å². The Hall–Kier alpha value is -8.04. The Morgan fingerprint density at radius 2 is 0.606 bits per heavy atom. The zero-order valence-electron chi connectivity index (χ0n) is 59.8. The Morgan fingerprint density at radius 3 is 0.808 bits per heavy atom. The van der Waals surface area contributed by atoms with Gasteiger partial charge in [-0.05, 0) is 208 Å². The second-order valence-corrected chi connectivity index (χ2v) is 37.0. The highest BCUT2D eigenvalue weighted by Gasteiger charge is 2.53. The molecule has 0 aromatic carbocycles. The first kappa shape index (κ1) is 73.7. The van der Waals surface area contributed by atoms with E-state index in [1.54, 1.807) is 36.4 Å². The number of carbonyl (C=O) groups excluding carboxylic acids is 3. The number of hydrogen-bond donors (Lipinski definition) is 6. The molecule has 9 heterocycles. The van der Waals surface area contributed by atoms with Gasteiger partial charge >= 0.3 is 0 Å². The van der Waals surface area contributed by atoms with Gasteiger partial charge in [0.15, 0.2) is 15.1 Å². The van der Waals surface area contributed by atoms with Crippen molar-refractivity contribution < 1.29 is 39.6 Å². The quantitative estimate of drug-likeness (QED) is 0.0556. The van der Waals surface area contributed by atoms with E-state index in [4.69, 9.17) is 32.2 Å². The number of nitrogens with zero attached hydrogens (tertiary/aromatic N) is 9. The molecule has 0 spiro atoms. The van der Waals surface area contributed by atoms with Crippen LogP contribution >= 0.6 is 0 Å². The number of sulfonamides is 3. The van der Waals surface area contributed by atoms with Crippen LogP contribution in [0.25, 0.3) is 0 Å². The largest absolute Gasteiger partial charge is 0.384 e. The summed E-state index contributed by atoms with van der Waals surface area (Å²) >= 11 is 0. The number of pyridine rings is 6. The molecule has 27 heteroatoms. The summed E-state index contributed by atoms with van der Waals surface area (Å²) in [5.41, 5.74) is 18.9. The van der Waals surface area contributed by atoms with Crippen molar-refractivity contribution in [1.29, 1.82) is 0 Å². The van der Waals surface area contributed by atoms with Gasteiger partial charge in [-0.15, -0.1) is 0 Å². The van der Waals surface area contributed by atoms with Gasteiger partial charge in [-0.25, -0.2) is 44.1 Å². The minimum Gasteiger partial charge on any atom is -0.384 e. The maximum Gasteiger partial charge on any atom is 0.281 e. The van der Waals surface area contributed by atoms with E-state index >= 15 is 0 Å². The molecule has 12 rings (SSSR count). The van der Waals surface area contributed by atoms with Crippen LogP contribution in [0.2, 0.25) is 0 Å². The van der Waals surface area contributed by atoms with Gasteiger partial charge in [0.1, 0.15) is 34.9 Å². The number of carbonyl (C=O) groups is 3. The lowest BCUT2D eigenvalue weighted by molar-refractivity contribution is 0.0972. The molecule has 3 aliphatic carbocycles. The van der Waals surface area contributed by atoms with Gasteiger partial charge in [0, 0.05) is 69.6 Å². The molecule has 3 unspecified atom stereocenters. The molecule has 534 valence electrons. The number of rotatable bonds is 15. The third-order valence-electron chi connectivity index (χ3n) is 20.5. The molecule has 6 fully saturated rings. The van der Waals surface area contributed by atoms with Crippen LogP contribution in [0.15, 0.2) is 106 Å². The maximum absolute atomic E-state index is 13.3. The molecule has 6 aromatic heterocycles. The molecule has 0 bridgehead atoms. The number of nitrogens with one attached hydrogen (secondary N) is 3. The predicted molar refractivity (Wildman–Crippen MR) is 385 cm³/mol. The summed E-state index contributed by atoms with van der Waals surface area (Å²) in [6.07, 6.45) is 10.6. The Morgan fingerprint density at radius 1 is 0.374 bits per heavy atom. The van der Waals surface area contributed by atoms with Crippen LogP contribution in [0.3, 0.4) is 0 Å². The molecule has 3 atom stereocenters. The van der Waals surface area contributed by atoms with Crippen LogP contribution in [-0.4, -0.2) is 109 Å². The number of aromatic nitrogens is 6. The highest BCUT2D eigenvalue weighted by molar-refractivity contribution is 7.90. The number of nitrogen functional groups attached to an aromatic ring is 3. The first-order chi connectivity index (χ1) is 45.9. The standard InChI is InChI=1S/3C24H33N5O3S/c3*1-23(2,3)18-12-11-16(22(30)28-33(31,32)20-8-6-7-19(25)27-20)21(26-18)29-14-13-17(15-9-10-15)24(29,4)5/h3*6-8,11-12,15,17H,9-10,13-14H2,1-5H3,(H2,25,27)(H,28,30). The smallest absolute Gasteiger partial charge is 0.281 e. The van der Waals surface area contributed by atoms with Crippen molar-refractivity contribution in [3.05, 3.63) is 125 Å². The lowest BCUT2D eigenvalue weighted by atomic mass is 9.84. The Balaban J connectivity index is 0.000000161. The molecule has 6 aromatic rings. The minimum atomic E-state index is -4.19. The molecule has 6 aliphatic rings. The lowest BCUT2D eigenvalue weighted by Crippen LogP contribution is -2.45. The summed E-state index contributed by atoms with van der Waals surface area (Å²) in [6.45, 7) is 34.1. The SMILES string of the molecule is CC(C)(C)c1ccc(C(=O)NS(=O)(=O)c2cccc(N)n2)c(N2CCC(C3CC3)C2(C)C)n1.CC(C)(C)c1ccc(C(=O)NS(=O)(=O)c2cccc(N)n2)c(N2CCC(C3CC3)C2(C)C)n1.CC(C)(C)c1ccc(C(=O)NS(=O)(=O)c2cccc(N)n2)c(N2CCC(C3CC3)C2(C)C)n1. The summed E-state index contributed by atoms with van der Waals surface area (Å²) in [4.78, 5) is 72.7. The zero-order valence-corrected chi connectivity index (χ0v) is 62.2. The predicted octanol–water partition coefficient (Wildman–Crippen LogP) is 10.5. The third-order valence-corrected chi connectivity index (χ3v) is 24.2. The van der Waals surface area contributed by atoms with Gasteiger partial charge in [0.05, 0.1) is 16.7 Å². The van der Waals surface area contributed by atoms with E-state index in [0.717, 1.165) is 56.0 Å². The fourth-order valence-electron chi connectivity index (χ4n) is 14.6. The molecule has 3 saturated heterocycles. The van der Waals surface area contributed by atoms with Crippen molar-refractivity contribution in [2.24, 2.45) is 35.5 Å². The van der Waals surface area contributed by atoms with Crippen molar-refractivity contribution in [2.75, 3.05) is 51.5 Å².